The Morgan fingerprint density at radius 1 is 1.30 bits per heavy atom. The number of amides is 2. The fourth-order valence-corrected chi connectivity index (χ4v) is 2.78. The molecule has 23 heavy (non-hydrogen) atoms. The minimum atomic E-state index is 0.0507. The molecule has 1 saturated heterocycles. The average molecular weight is 320 g/mol. The first-order valence-electron chi connectivity index (χ1n) is 8.46. The predicted octanol–water partition coefficient (Wildman–Crippen LogP) is 3.08. The Kier molecular flexibility index (Phi) is 6.56. The zero-order valence-electron chi connectivity index (χ0n) is 14.4. The maximum Gasteiger partial charge on any atom is 0.317 e. The zero-order chi connectivity index (χ0) is 16.7. The standard InChI is InChI=1S/C18H28N2O3/c1-4-23-16-6-5-15(13-17(16)22-3)7-10-19-18(21)20-11-8-14(2)9-12-20/h5-6,13-14H,4,7-12H2,1-3H3,(H,19,21). The third kappa shape index (κ3) is 5.05. The summed E-state index contributed by atoms with van der Waals surface area (Å²) in [5, 5.41) is 3.01. The number of methoxy groups -OCH3 is 1. The van der Waals surface area contributed by atoms with Gasteiger partial charge >= 0.3 is 6.03 Å². The highest BCUT2D eigenvalue weighted by molar-refractivity contribution is 5.74. The molecule has 5 nitrogen and oxygen atoms in total. The van der Waals surface area contributed by atoms with Crippen molar-refractivity contribution >= 4 is 6.03 Å². The summed E-state index contributed by atoms with van der Waals surface area (Å²) in [6.45, 7) is 7.16. The van der Waals surface area contributed by atoms with E-state index in [0.29, 0.717) is 13.2 Å². The van der Waals surface area contributed by atoms with Crippen LogP contribution in [0, 0.1) is 5.92 Å². The molecule has 2 rings (SSSR count). The molecule has 2 amide bonds. The van der Waals surface area contributed by atoms with Crippen LogP contribution in [0.3, 0.4) is 0 Å². The lowest BCUT2D eigenvalue weighted by molar-refractivity contribution is 0.174. The molecule has 0 aliphatic carbocycles. The number of nitrogens with one attached hydrogen (secondary N) is 1. The second kappa shape index (κ2) is 8.65. The van der Waals surface area contributed by atoms with E-state index in [0.717, 1.165) is 55.3 Å². The highest BCUT2D eigenvalue weighted by atomic mass is 16.5. The van der Waals surface area contributed by atoms with E-state index < -0.39 is 0 Å². The van der Waals surface area contributed by atoms with E-state index in [1.807, 2.05) is 30.0 Å². The van der Waals surface area contributed by atoms with Gasteiger partial charge in [0.1, 0.15) is 0 Å². The van der Waals surface area contributed by atoms with Gasteiger partial charge in [-0.15, -0.1) is 0 Å². The van der Waals surface area contributed by atoms with Crippen molar-refractivity contribution in [1.82, 2.24) is 10.2 Å². The van der Waals surface area contributed by atoms with Crippen LogP contribution in [0.2, 0.25) is 0 Å². The van der Waals surface area contributed by atoms with E-state index in [-0.39, 0.29) is 6.03 Å². The summed E-state index contributed by atoms with van der Waals surface area (Å²) in [5.41, 5.74) is 1.12. The van der Waals surface area contributed by atoms with Gasteiger partial charge in [0.05, 0.1) is 13.7 Å². The third-order valence-electron chi connectivity index (χ3n) is 4.29. The fourth-order valence-electron chi connectivity index (χ4n) is 2.78. The van der Waals surface area contributed by atoms with Gasteiger partial charge in [-0.3, -0.25) is 0 Å². The molecular weight excluding hydrogens is 292 g/mol. The van der Waals surface area contributed by atoms with Crippen molar-refractivity contribution in [2.24, 2.45) is 5.92 Å². The van der Waals surface area contributed by atoms with Crippen molar-refractivity contribution in [3.8, 4) is 11.5 Å². The summed E-state index contributed by atoms with van der Waals surface area (Å²) in [6.07, 6.45) is 2.98. The first-order valence-corrected chi connectivity index (χ1v) is 8.46. The van der Waals surface area contributed by atoms with Gasteiger partial charge in [0.15, 0.2) is 11.5 Å². The summed E-state index contributed by atoms with van der Waals surface area (Å²) >= 11 is 0. The number of hydrogen-bond donors (Lipinski definition) is 1. The molecule has 0 aromatic heterocycles. The molecule has 0 atom stereocenters. The molecule has 1 aromatic rings. The van der Waals surface area contributed by atoms with Gasteiger partial charge in [-0.2, -0.15) is 0 Å². The van der Waals surface area contributed by atoms with E-state index >= 15 is 0 Å². The van der Waals surface area contributed by atoms with Crippen LogP contribution in [0.1, 0.15) is 32.3 Å². The zero-order valence-corrected chi connectivity index (χ0v) is 14.4. The Morgan fingerprint density at radius 3 is 2.70 bits per heavy atom. The van der Waals surface area contributed by atoms with Gasteiger partial charge < -0.3 is 19.7 Å². The molecular formula is C18H28N2O3. The number of nitrogens with zero attached hydrogens (tertiary/aromatic N) is 1. The number of likely N-dealkylation sites (tertiary alicyclic amines) is 1. The number of rotatable bonds is 6. The minimum Gasteiger partial charge on any atom is -0.493 e. The van der Waals surface area contributed by atoms with Crippen LogP contribution in [-0.2, 0) is 6.42 Å². The second-order valence-electron chi connectivity index (χ2n) is 6.07. The molecule has 1 heterocycles. The lowest BCUT2D eigenvalue weighted by atomic mass is 10.00. The van der Waals surface area contributed by atoms with Crippen LogP contribution in [0.5, 0.6) is 11.5 Å². The highest BCUT2D eigenvalue weighted by Crippen LogP contribution is 2.28. The van der Waals surface area contributed by atoms with Crippen LogP contribution < -0.4 is 14.8 Å². The molecule has 1 N–H and O–H groups in total. The maximum absolute atomic E-state index is 12.1. The van der Waals surface area contributed by atoms with Crippen molar-refractivity contribution in [3.63, 3.8) is 0 Å². The van der Waals surface area contributed by atoms with Crippen molar-refractivity contribution in [2.45, 2.75) is 33.1 Å². The summed E-state index contributed by atoms with van der Waals surface area (Å²) in [4.78, 5) is 14.0. The van der Waals surface area contributed by atoms with Crippen LogP contribution in [-0.4, -0.2) is 44.3 Å². The average Bonchev–Trinajstić information content (AvgIpc) is 2.56. The van der Waals surface area contributed by atoms with E-state index in [1.54, 1.807) is 7.11 Å². The van der Waals surface area contributed by atoms with E-state index in [4.69, 9.17) is 9.47 Å². The minimum absolute atomic E-state index is 0.0507. The van der Waals surface area contributed by atoms with Crippen molar-refractivity contribution in [3.05, 3.63) is 23.8 Å². The van der Waals surface area contributed by atoms with Gasteiger partial charge in [-0.05, 0) is 49.8 Å². The van der Waals surface area contributed by atoms with Crippen LogP contribution in [0.15, 0.2) is 18.2 Å². The first kappa shape index (κ1) is 17.4. The molecule has 128 valence electrons. The first-order chi connectivity index (χ1) is 11.1. The SMILES string of the molecule is CCOc1ccc(CCNC(=O)N2CCC(C)CC2)cc1OC. The topological polar surface area (TPSA) is 50.8 Å². The number of piperidine rings is 1. The van der Waals surface area contributed by atoms with Gasteiger partial charge in [-0.25, -0.2) is 4.79 Å². The summed E-state index contributed by atoms with van der Waals surface area (Å²) in [7, 11) is 1.64. The molecule has 1 aliphatic rings. The summed E-state index contributed by atoms with van der Waals surface area (Å²) in [6, 6.07) is 5.96. The largest absolute Gasteiger partial charge is 0.493 e. The van der Waals surface area contributed by atoms with Crippen molar-refractivity contribution in [2.75, 3.05) is 33.4 Å². The number of benzene rings is 1. The smallest absolute Gasteiger partial charge is 0.317 e. The molecule has 5 heteroatoms. The number of carbonyl (C=O) groups is 1. The van der Waals surface area contributed by atoms with Crippen LogP contribution in [0.25, 0.3) is 0 Å². The van der Waals surface area contributed by atoms with E-state index in [1.165, 1.54) is 0 Å². The molecule has 0 bridgehead atoms. The van der Waals surface area contributed by atoms with Crippen LogP contribution >= 0.6 is 0 Å². The quantitative estimate of drug-likeness (QED) is 0.876. The highest BCUT2D eigenvalue weighted by Gasteiger charge is 2.19. The Balaban J connectivity index is 1.80. The normalized spacial score (nSPS) is 15.3. The van der Waals surface area contributed by atoms with E-state index in [9.17, 15) is 4.79 Å². The molecule has 1 aromatic carbocycles. The molecule has 1 fully saturated rings. The third-order valence-corrected chi connectivity index (χ3v) is 4.29. The predicted molar refractivity (Wildman–Crippen MR) is 91.2 cm³/mol. The Labute approximate surface area is 139 Å². The summed E-state index contributed by atoms with van der Waals surface area (Å²) < 4.78 is 10.9. The van der Waals surface area contributed by atoms with E-state index in [2.05, 4.69) is 12.2 Å². The molecule has 0 unspecified atom stereocenters. The van der Waals surface area contributed by atoms with Gasteiger partial charge in [-0.1, -0.05) is 13.0 Å². The van der Waals surface area contributed by atoms with Crippen molar-refractivity contribution < 1.29 is 14.3 Å². The molecule has 0 radical (unpaired) electrons. The summed E-state index contributed by atoms with van der Waals surface area (Å²) in [5.74, 6) is 2.22. The molecule has 0 saturated carbocycles. The number of ether oxygens (including phenoxy) is 2. The lowest BCUT2D eigenvalue weighted by Crippen LogP contribution is -2.44. The molecule has 0 spiro atoms. The fraction of sp³-hybridized carbons (Fsp3) is 0.611. The Morgan fingerprint density at radius 2 is 2.04 bits per heavy atom. The Bertz CT molecular complexity index is 511. The molecule has 1 aliphatic heterocycles. The van der Waals surface area contributed by atoms with Gasteiger partial charge in [0.25, 0.3) is 0 Å². The number of carbonyl (C=O) groups excluding carboxylic acids is 1. The van der Waals surface area contributed by atoms with Gasteiger partial charge in [0, 0.05) is 19.6 Å². The second-order valence-corrected chi connectivity index (χ2v) is 6.07. The lowest BCUT2D eigenvalue weighted by Gasteiger charge is -2.30. The monoisotopic (exact) mass is 320 g/mol. The van der Waals surface area contributed by atoms with Crippen LogP contribution in [0.4, 0.5) is 4.79 Å². The van der Waals surface area contributed by atoms with Gasteiger partial charge in [0.2, 0.25) is 0 Å². The Hall–Kier alpha value is -1.91. The maximum atomic E-state index is 12.1. The number of urea groups is 1. The van der Waals surface area contributed by atoms with Crippen molar-refractivity contribution in [1.29, 1.82) is 0 Å². The number of hydrogen-bond acceptors (Lipinski definition) is 3.